The van der Waals surface area contributed by atoms with Gasteiger partial charge in [-0.1, -0.05) is 0 Å². The Labute approximate surface area is 92.9 Å². The summed E-state index contributed by atoms with van der Waals surface area (Å²) in [5.41, 5.74) is 0.916. The van der Waals surface area contributed by atoms with E-state index in [9.17, 15) is 0 Å². The van der Waals surface area contributed by atoms with Gasteiger partial charge >= 0.3 is 0 Å². The van der Waals surface area contributed by atoms with E-state index in [4.69, 9.17) is 4.42 Å². The standard InChI is InChI=1S/C11H12N4O/c1-4-12-5-2-8(1)10-14-15-11(16-10)9-3-6-13-7-9/h1-2,4-5,9,13H,3,6-7H2. The van der Waals surface area contributed by atoms with Gasteiger partial charge in [0.2, 0.25) is 11.8 Å². The van der Waals surface area contributed by atoms with Crippen LogP contribution in [0.1, 0.15) is 18.2 Å². The van der Waals surface area contributed by atoms with Crippen LogP contribution in [0.2, 0.25) is 0 Å². The molecule has 1 aliphatic rings. The molecular formula is C11H12N4O. The van der Waals surface area contributed by atoms with E-state index in [-0.39, 0.29) is 0 Å². The lowest BCUT2D eigenvalue weighted by Gasteiger charge is -1.99. The van der Waals surface area contributed by atoms with Gasteiger partial charge in [-0.05, 0) is 25.1 Å². The van der Waals surface area contributed by atoms with Crippen molar-refractivity contribution in [1.29, 1.82) is 0 Å². The van der Waals surface area contributed by atoms with Crippen LogP contribution in [0, 0.1) is 0 Å². The summed E-state index contributed by atoms with van der Waals surface area (Å²) in [5, 5.41) is 11.4. The lowest BCUT2D eigenvalue weighted by molar-refractivity contribution is 0.467. The quantitative estimate of drug-likeness (QED) is 0.817. The molecule has 5 nitrogen and oxygen atoms in total. The highest BCUT2D eigenvalue weighted by Gasteiger charge is 2.22. The Morgan fingerprint density at radius 2 is 2.12 bits per heavy atom. The fourth-order valence-corrected chi connectivity index (χ4v) is 1.88. The van der Waals surface area contributed by atoms with Gasteiger partial charge in [-0.25, -0.2) is 0 Å². The van der Waals surface area contributed by atoms with Crippen molar-refractivity contribution in [1.82, 2.24) is 20.5 Å². The van der Waals surface area contributed by atoms with Crippen LogP contribution in [0.4, 0.5) is 0 Å². The molecule has 1 saturated heterocycles. The Morgan fingerprint density at radius 1 is 1.25 bits per heavy atom. The number of nitrogens with zero attached hydrogens (tertiary/aromatic N) is 3. The third-order valence-corrected chi connectivity index (χ3v) is 2.78. The van der Waals surface area contributed by atoms with Crippen LogP contribution < -0.4 is 5.32 Å². The second kappa shape index (κ2) is 4.02. The first-order valence-corrected chi connectivity index (χ1v) is 5.38. The van der Waals surface area contributed by atoms with Crippen molar-refractivity contribution in [3.63, 3.8) is 0 Å². The average Bonchev–Trinajstić information content (AvgIpc) is 3.01. The number of rotatable bonds is 2. The van der Waals surface area contributed by atoms with Gasteiger partial charge in [0, 0.05) is 24.5 Å². The van der Waals surface area contributed by atoms with Crippen LogP contribution in [0.5, 0.6) is 0 Å². The molecule has 2 aromatic rings. The molecule has 0 aromatic carbocycles. The van der Waals surface area contributed by atoms with Crippen molar-refractivity contribution < 1.29 is 4.42 Å². The monoisotopic (exact) mass is 216 g/mol. The highest BCUT2D eigenvalue weighted by molar-refractivity contribution is 5.50. The lowest BCUT2D eigenvalue weighted by Crippen LogP contribution is -2.08. The SMILES string of the molecule is c1cc(-c2nnc(C3CCNC3)o2)ccn1. The van der Waals surface area contributed by atoms with E-state index in [1.54, 1.807) is 12.4 Å². The summed E-state index contributed by atoms with van der Waals surface area (Å²) in [7, 11) is 0. The van der Waals surface area contributed by atoms with Crippen molar-refractivity contribution in [2.24, 2.45) is 0 Å². The fraction of sp³-hybridized carbons (Fsp3) is 0.364. The zero-order valence-electron chi connectivity index (χ0n) is 8.76. The van der Waals surface area contributed by atoms with Crippen molar-refractivity contribution in [3.05, 3.63) is 30.4 Å². The van der Waals surface area contributed by atoms with Crippen molar-refractivity contribution in [2.75, 3.05) is 13.1 Å². The summed E-state index contributed by atoms with van der Waals surface area (Å²) < 4.78 is 5.66. The molecule has 2 aromatic heterocycles. The molecular weight excluding hydrogens is 204 g/mol. The minimum Gasteiger partial charge on any atom is -0.420 e. The van der Waals surface area contributed by atoms with Crippen LogP contribution >= 0.6 is 0 Å². The summed E-state index contributed by atoms with van der Waals surface area (Å²) >= 11 is 0. The molecule has 1 atom stereocenters. The van der Waals surface area contributed by atoms with E-state index in [0.717, 1.165) is 31.0 Å². The van der Waals surface area contributed by atoms with Gasteiger partial charge in [0.15, 0.2) is 0 Å². The van der Waals surface area contributed by atoms with Crippen molar-refractivity contribution in [3.8, 4) is 11.5 Å². The second-order valence-electron chi connectivity index (χ2n) is 3.87. The fourth-order valence-electron chi connectivity index (χ4n) is 1.88. The van der Waals surface area contributed by atoms with Crippen LogP contribution in [0.25, 0.3) is 11.5 Å². The molecule has 0 radical (unpaired) electrons. The molecule has 3 rings (SSSR count). The highest BCUT2D eigenvalue weighted by Crippen LogP contribution is 2.24. The number of hydrogen-bond donors (Lipinski definition) is 1. The maximum Gasteiger partial charge on any atom is 0.247 e. The van der Waals surface area contributed by atoms with Gasteiger partial charge in [-0.15, -0.1) is 10.2 Å². The maximum absolute atomic E-state index is 5.66. The first-order valence-electron chi connectivity index (χ1n) is 5.38. The molecule has 16 heavy (non-hydrogen) atoms. The zero-order chi connectivity index (χ0) is 10.8. The molecule has 1 N–H and O–H groups in total. The van der Waals surface area contributed by atoms with E-state index in [2.05, 4.69) is 20.5 Å². The molecule has 0 aliphatic carbocycles. The van der Waals surface area contributed by atoms with Crippen molar-refractivity contribution in [2.45, 2.75) is 12.3 Å². The normalized spacial score (nSPS) is 20.1. The lowest BCUT2D eigenvalue weighted by atomic mass is 10.1. The molecule has 0 saturated carbocycles. The number of nitrogens with one attached hydrogen (secondary N) is 1. The van der Waals surface area contributed by atoms with Gasteiger partial charge in [0.05, 0.1) is 5.92 Å². The molecule has 82 valence electrons. The smallest absolute Gasteiger partial charge is 0.247 e. The Morgan fingerprint density at radius 3 is 2.88 bits per heavy atom. The highest BCUT2D eigenvalue weighted by atomic mass is 16.4. The molecule has 1 unspecified atom stereocenters. The summed E-state index contributed by atoms with van der Waals surface area (Å²) in [6.45, 7) is 1.95. The molecule has 1 aliphatic heterocycles. The van der Waals surface area contributed by atoms with Crippen LogP contribution in [-0.4, -0.2) is 28.3 Å². The van der Waals surface area contributed by atoms with Gasteiger partial charge in [0.25, 0.3) is 0 Å². The van der Waals surface area contributed by atoms with Gasteiger partial charge in [-0.2, -0.15) is 0 Å². The largest absolute Gasteiger partial charge is 0.420 e. The van der Waals surface area contributed by atoms with Gasteiger partial charge in [-0.3, -0.25) is 4.98 Å². The van der Waals surface area contributed by atoms with E-state index < -0.39 is 0 Å². The minimum absolute atomic E-state index is 0.364. The van der Waals surface area contributed by atoms with Crippen molar-refractivity contribution >= 4 is 0 Å². The summed E-state index contributed by atoms with van der Waals surface area (Å²) in [6.07, 6.45) is 4.50. The predicted molar refractivity (Wildman–Crippen MR) is 57.8 cm³/mol. The van der Waals surface area contributed by atoms with Crippen LogP contribution in [0.15, 0.2) is 28.9 Å². The molecule has 5 heteroatoms. The van der Waals surface area contributed by atoms with Gasteiger partial charge < -0.3 is 9.73 Å². The van der Waals surface area contributed by atoms with Crippen LogP contribution in [0.3, 0.4) is 0 Å². The Hall–Kier alpha value is -1.75. The Bertz CT molecular complexity index is 462. The number of pyridine rings is 1. The number of hydrogen-bond acceptors (Lipinski definition) is 5. The van der Waals surface area contributed by atoms with E-state index in [1.165, 1.54) is 0 Å². The minimum atomic E-state index is 0.364. The summed E-state index contributed by atoms with van der Waals surface area (Å²) in [5.74, 6) is 1.67. The maximum atomic E-state index is 5.66. The van der Waals surface area contributed by atoms with E-state index in [1.807, 2.05) is 12.1 Å². The zero-order valence-corrected chi connectivity index (χ0v) is 8.76. The summed E-state index contributed by atoms with van der Waals surface area (Å²) in [6, 6.07) is 3.73. The molecule has 0 spiro atoms. The van der Waals surface area contributed by atoms with E-state index >= 15 is 0 Å². The molecule has 0 amide bonds. The van der Waals surface area contributed by atoms with Gasteiger partial charge in [0.1, 0.15) is 0 Å². The Balaban J connectivity index is 1.87. The third kappa shape index (κ3) is 1.69. The molecule has 3 heterocycles. The topological polar surface area (TPSA) is 63.8 Å². The predicted octanol–water partition coefficient (Wildman–Crippen LogP) is 1.21. The summed E-state index contributed by atoms with van der Waals surface area (Å²) in [4.78, 5) is 3.96. The Kier molecular flexibility index (Phi) is 2.38. The first-order chi connectivity index (χ1) is 7.93. The second-order valence-corrected chi connectivity index (χ2v) is 3.87. The molecule has 1 fully saturated rings. The molecule has 0 bridgehead atoms. The van der Waals surface area contributed by atoms with Crippen LogP contribution in [-0.2, 0) is 0 Å². The third-order valence-electron chi connectivity index (χ3n) is 2.78. The number of aromatic nitrogens is 3. The average molecular weight is 216 g/mol. The first kappa shape index (κ1) is 9.47. The van der Waals surface area contributed by atoms with E-state index in [0.29, 0.717) is 11.8 Å².